The minimum Gasteiger partial charge on any atom is -0.466 e. The topological polar surface area (TPSA) is 95.9 Å². The zero-order valence-corrected chi connectivity index (χ0v) is 48.4. The Balaban J connectivity index is 3.42. The van der Waals surface area contributed by atoms with Crippen LogP contribution < -0.4 is 5.32 Å². The normalized spacial score (nSPS) is 12.8. The van der Waals surface area contributed by atoms with Crippen molar-refractivity contribution in [3.63, 3.8) is 0 Å². The van der Waals surface area contributed by atoms with Gasteiger partial charge in [-0.3, -0.25) is 9.59 Å². The highest BCUT2D eigenvalue weighted by atomic mass is 16.5. The van der Waals surface area contributed by atoms with Gasteiger partial charge in [0, 0.05) is 12.8 Å². The molecule has 0 aliphatic rings. The van der Waals surface area contributed by atoms with Crippen LogP contribution in [0.4, 0.5) is 0 Å². The number of aliphatic hydroxyl groups excluding tert-OH is 2. The van der Waals surface area contributed by atoms with Crippen LogP contribution in [0.1, 0.15) is 348 Å². The predicted octanol–water partition coefficient (Wildman–Crippen LogP) is 20.4. The van der Waals surface area contributed by atoms with Gasteiger partial charge in [0.2, 0.25) is 5.91 Å². The van der Waals surface area contributed by atoms with Gasteiger partial charge in [-0.2, -0.15) is 0 Å². The number of allylic oxidation sites excluding steroid dienone is 5. The standard InChI is InChI=1S/C66H125NO5/c1-3-5-7-9-11-13-15-17-18-31-35-38-42-46-50-54-58-64(69)63(62-68)67-65(70)59-55-51-47-43-39-36-32-29-27-25-23-21-19-20-22-24-26-28-30-33-37-41-45-49-53-57-61-72-66(71)60-56-52-48-44-40-34-16-14-12-10-8-6-4-2/h14,16,19,21,54,58,63-64,68-69H,3-13,15,17-18,20,22-53,55-57,59-62H2,1-2H3,(H,67,70)/b16-14-,21-19-,58-54+. The molecule has 0 bridgehead atoms. The third-order valence-corrected chi connectivity index (χ3v) is 14.9. The van der Waals surface area contributed by atoms with E-state index in [1.54, 1.807) is 6.08 Å². The van der Waals surface area contributed by atoms with Gasteiger partial charge in [-0.05, 0) is 83.5 Å². The van der Waals surface area contributed by atoms with Gasteiger partial charge < -0.3 is 20.3 Å². The molecule has 0 saturated heterocycles. The maximum atomic E-state index is 12.5. The number of nitrogens with one attached hydrogen (secondary N) is 1. The Morgan fingerprint density at radius 3 is 1.00 bits per heavy atom. The molecule has 0 aliphatic heterocycles. The summed E-state index contributed by atoms with van der Waals surface area (Å²) in [5, 5.41) is 23.2. The Morgan fingerprint density at radius 1 is 0.375 bits per heavy atom. The van der Waals surface area contributed by atoms with Gasteiger partial charge in [-0.15, -0.1) is 0 Å². The average molecular weight is 1010 g/mol. The molecule has 0 radical (unpaired) electrons. The second-order valence-electron chi connectivity index (χ2n) is 22.1. The van der Waals surface area contributed by atoms with E-state index in [9.17, 15) is 19.8 Å². The molecule has 6 heteroatoms. The van der Waals surface area contributed by atoms with E-state index >= 15 is 0 Å². The van der Waals surface area contributed by atoms with Crippen molar-refractivity contribution in [2.24, 2.45) is 0 Å². The number of esters is 1. The number of carbonyl (C=O) groups excluding carboxylic acids is 2. The number of hydrogen-bond acceptors (Lipinski definition) is 5. The van der Waals surface area contributed by atoms with Crippen LogP contribution in [0.5, 0.6) is 0 Å². The van der Waals surface area contributed by atoms with Crippen LogP contribution in [0.3, 0.4) is 0 Å². The summed E-state index contributed by atoms with van der Waals surface area (Å²) in [6.45, 7) is 4.90. The quantitative estimate of drug-likeness (QED) is 0.0320. The van der Waals surface area contributed by atoms with Crippen molar-refractivity contribution in [3.05, 3.63) is 36.5 Å². The summed E-state index contributed by atoms with van der Waals surface area (Å²) in [4.78, 5) is 24.5. The van der Waals surface area contributed by atoms with Crippen LogP contribution in [0.25, 0.3) is 0 Å². The number of unbranched alkanes of at least 4 members (excludes halogenated alkanes) is 45. The molecule has 0 spiro atoms. The highest BCUT2D eigenvalue weighted by Gasteiger charge is 2.18. The second kappa shape index (κ2) is 61.6. The lowest BCUT2D eigenvalue weighted by Crippen LogP contribution is -2.45. The molecule has 0 aromatic heterocycles. The van der Waals surface area contributed by atoms with E-state index in [2.05, 4.69) is 43.5 Å². The van der Waals surface area contributed by atoms with Crippen molar-refractivity contribution in [2.75, 3.05) is 13.2 Å². The summed E-state index contributed by atoms with van der Waals surface area (Å²) >= 11 is 0. The number of ether oxygens (including phenoxy) is 1. The number of hydrogen-bond donors (Lipinski definition) is 3. The summed E-state index contributed by atoms with van der Waals surface area (Å²) < 4.78 is 5.47. The molecule has 2 atom stereocenters. The molecule has 0 rings (SSSR count). The molecular formula is C66H125NO5. The van der Waals surface area contributed by atoms with Crippen molar-refractivity contribution < 1.29 is 24.5 Å². The third kappa shape index (κ3) is 57.4. The molecule has 1 amide bonds. The van der Waals surface area contributed by atoms with E-state index in [4.69, 9.17) is 4.74 Å². The molecule has 2 unspecified atom stereocenters. The monoisotopic (exact) mass is 1010 g/mol. The summed E-state index contributed by atoms with van der Waals surface area (Å²) in [5.74, 6) is -0.0635. The smallest absolute Gasteiger partial charge is 0.305 e. The highest BCUT2D eigenvalue weighted by Crippen LogP contribution is 2.17. The van der Waals surface area contributed by atoms with Crippen LogP contribution in [0, 0.1) is 0 Å². The molecule has 72 heavy (non-hydrogen) atoms. The first-order valence-corrected chi connectivity index (χ1v) is 32.3. The van der Waals surface area contributed by atoms with Crippen molar-refractivity contribution in [3.8, 4) is 0 Å². The molecule has 0 saturated carbocycles. The number of aliphatic hydroxyl groups is 2. The molecule has 424 valence electrons. The fourth-order valence-corrected chi connectivity index (χ4v) is 9.92. The molecule has 3 N–H and O–H groups in total. The van der Waals surface area contributed by atoms with Crippen LogP contribution in [-0.4, -0.2) is 47.4 Å². The zero-order valence-electron chi connectivity index (χ0n) is 48.4. The van der Waals surface area contributed by atoms with Gasteiger partial charge >= 0.3 is 5.97 Å². The Morgan fingerprint density at radius 2 is 0.653 bits per heavy atom. The number of rotatable bonds is 60. The lowest BCUT2D eigenvalue weighted by molar-refractivity contribution is -0.143. The summed E-state index contributed by atoms with van der Waals surface area (Å²) in [6, 6.07) is -0.629. The van der Waals surface area contributed by atoms with E-state index in [0.717, 1.165) is 44.9 Å². The van der Waals surface area contributed by atoms with Gasteiger partial charge in [0.05, 0.1) is 25.4 Å². The average Bonchev–Trinajstić information content (AvgIpc) is 3.38. The minimum absolute atomic E-state index is 0.00467. The molecule has 0 fully saturated rings. The fraction of sp³-hybridized carbons (Fsp3) is 0.879. The van der Waals surface area contributed by atoms with Crippen LogP contribution >= 0.6 is 0 Å². The number of carbonyl (C=O) groups is 2. The molecule has 0 aliphatic carbocycles. The Bertz CT molecular complexity index is 1170. The van der Waals surface area contributed by atoms with Crippen molar-refractivity contribution in [1.82, 2.24) is 5.32 Å². The first kappa shape index (κ1) is 70.1. The number of amides is 1. The zero-order chi connectivity index (χ0) is 52.2. The maximum absolute atomic E-state index is 12.5. The molecule has 0 aromatic carbocycles. The van der Waals surface area contributed by atoms with Crippen molar-refractivity contribution in [1.29, 1.82) is 0 Å². The molecule has 0 heterocycles. The highest BCUT2D eigenvalue weighted by molar-refractivity contribution is 5.76. The third-order valence-electron chi connectivity index (χ3n) is 14.9. The SMILES string of the molecule is CCCCCC/C=C\CCCCCCCC(=O)OCCCCCCCCCCCCCC/C=C\CCCCCCCCCCCCC(=O)NC(CO)C(O)/C=C/CCCCCCCCCCCCCCCC. The van der Waals surface area contributed by atoms with Gasteiger partial charge in [-0.25, -0.2) is 0 Å². The van der Waals surface area contributed by atoms with Gasteiger partial charge in [0.25, 0.3) is 0 Å². The van der Waals surface area contributed by atoms with Gasteiger partial charge in [-0.1, -0.05) is 288 Å². The first-order valence-electron chi connectivity index (χ1n) is 32.3. The molecular weight excluding hydrogens is 887 g/mol. The Labute approximate surface area is 449 Å². The minimum atomic E-state index is -0.846. The summed E-state index contributed by atoms with van der Waals surface area (Å²) in [7, 11) is 0. The Kier molecular flexibility index (Phi) is 60.0. The van der Waals surface area contributed by atoms with Crippen molar-refractivity contribution in [2.45, 2.75) is 360 Å². The van der Waals surface area contributed by atoms with E-state index in [-0.39, 0.29) is 18.5 Å². The second-order valence-corrected chi connectivity index (χ2v) is 22.1. The molecule has 0 aromatic rings. The van der Waals surface area contributed by atoms with E-state index in [0.29, 0.717) is 19.4 Å². The largest absolute Gasteiger partial charge is 0.466 e. The lowest BCUT2D eigenvalue weighted by Gasteiger charge is -2.20. The first-order chi connectivity index (χ1) is 35.5. The van der Waals surface area contributed by atoms with E-state index in [1.165, 1.54) is 276 Å². The van der Waals surface area contributed by atoms with Crippen LogP contribution in [-0.2, 0) is 14.3 Å². The van der Waals surface area contributed by atoms with Crippen LogP contribution in [0.2, 0.25) is 0 Å². The van der Waals surface area contributed by atoms with E-state index in [1.807, 2.05) is 6.08 Å². The fourth-order valence-electron chi connectivity index (χ4n) is 9.92. The summed E-state index contributed by atoms with van der Waals surface area (Å²) in [5.41, 5.74) is 0. The maximum Gasteiger partial charge on any atom is 0.305 e. The predicted molar refractivity (Wildman–Crippen MR) is 315 cm³/mol. The lowest BCUT2D eigenvalue weighted by atomic mass is 10.0. The molecule has 6 nitrogen and oxygen atoms in total. The van der Waals surface area contributed by atoms with Gasteiger partial charge in [0.1, 0.15) is 0 Å². The van der Waals surface area contributed by atoms with Crippen LogP contribution in [0.15, 0.2) is 36.5 Å². The van der Waals surface area contributed by atoms with Crippen molar-refractivity contribution >= 4 is 11.9 Å². The van der Waals surface area contributed by atoms with Gasteiger partial charge in [0.15, 0.2) is 0 Å². The van der Waals surface area contributed by atoms with E-state index < -0.39 is 12.1 Å². The summed E-state index contributed by atoms with van der Waals surface area (Å²) in [6.07, 6.45) is 77.7. The Hall–Kier alpha value is -1.92.